The molecule has 0 aliphatic carbocycles. The van der Waals surface area contributed by atoms with Crippen LogP contribution in [0.4, 0.5) is 5.69 Å². The number of nitrogens with zero attached hydrogens (tertiary/aromatic N) is 1. The van der Waals surface area contributed by atoms with Crippen molar-refractivity contribution < 1.29 is 17.9 Å². The highest BCUT2D eigenvalue weighted by molar-refractivity contribution is 7.89. The van der Waals surface area contributed by atoms with Gasteiger partial charge in [0, 0.05) is 19.2 Å². The molecule has 0 bridgehead atoms. The minimum atomic E-state index is -3.75. The van der Waals surface area contributed by atoms with Crippen molar-refractivity contribution in [1.29, 1.82) is 0 Å². The van der Waals surface area contributed by atoms with Crippen LogP contribution in [0.3, 0.4) is 0 Å². The lowest BCUT2D eigenvalue weighted by Crippen LogP contribution is -2.38. The first-order chi connectivity index (χ1) is 9.70. The second-order valence-corrected chi connectivity index (χ2v) is 7.32. The predicted octanol–water partition coefficient (Wildman–Crippen LogP) is 0.163. The first-order valence-electron chi connectivity index (χ1n) is 6.44. The fourth-order valence-electron chi connectivity index (χ4n) is 2.35. The Bertz CT molecular complexity index is 674. The van der Waals surface area contributed by atoms with Gasteiger partial charge in [0.2, 0.25) is 15.9 Å². The molecule has 1 aliphatic rings. The fraction of sp³-hybridized carbons (Fsp3) is 0.462. The van der Waals surface area contributed by atoms with Gasteiger partial charge in [-0.2, -0.15) is 4.31 Å². The fourth-order valence-corrected chi connectivity index (χ4v) is 4.01. The molecule has 1 aliphatic heterocycles. The highest BCUT2D eigenvalue weighted by Crippen LogP contribution is 2.35. The van der Waals surface area contributed by atoms with Crippen molar-refractivity contribution in [3.05, 3.63) is 18.2 Å². The zero-order valence-electron chi connectivity index (χ0n) is 12.0. The second kappa shape index (κ2) is 5.19. The summed E-state index contributed by atoms with van der Waals surface area (Å²) in [4.78, 5) is 11.5. The molecule has 0 saturated carbocycles. The summed E-state index contributed by atoms with van der Waals surface area (Å²) in [6.45, 7) is 1.98. The van der Waals surface area contributed by atoms with Gasteiger partial charge in [0.1, 0.15) is 10.6 Å². The third-order valence-corrected chi connectivity index (χ3v) is 5.79. The lowest BCUT2D eigenvalue weighted by molar-refractivity contribution is -0.126. The first kappa shape index (κ1) is 15.6. The predicted molar refractivity (Wildman–Crippen MR) is 78.1 cm³/mol. The number of primary amides is 1. The maximum Gasteiger partial charge on any atom is 0.245 e. The van der Waals surface area contributed by atoms with E-state index in [0.29, 0.717) is 12.2 Å². The average molecular weight is 313 g/mol. The quantitative estimate of drug-likeness (QED) is 0.768. The van der Waals surface area contributed by atoms with Crippen molar-refractivity contribution in [1.82, 2.24) is 4.31 Å². The van der Waals surface area contributed by atoms with Crippen LogP contribution in [0.15, 0.2) is 23.1 Å². The topological polar surface area (TPSA) is 116 Å². The van der Waals surface area contributed by atoms with Crippen LogP contribution >= 0.6 is 0 Å². The number of nitrogens with two attached hydrogens (primary N) is 2. The van der Waals surface area contributed by atoms with E-state index in [0.717, 1.165) is 0 Å². The molecule has 1 saturated heterocycles. The molecular formula is C13H19N3O4S. The van der Waals surface area contributed by atoms with Gasteiger partial charge in [-0.1, -0.05) is 0 Å². The molecule has 21 heavy (non-hydrogen) atoms. The summed E-state index contributed by atoms with van der Waals surface area (Å²) in [7, 11) is -2.28. The standard InChI is InChI=1S/C13H19N3O4S/c1-13(12(15)17)5-6-16(8-13)21(18,19)11-4-3-9(20-2)7-10(11)14/h3-4,7H,5-6,8,14H2,1-2H3,(H2,15,17). The van der Waals surface area contributed by atoms with Crippen LogP contribution in [0.1, 0.15) is 13.3 Å². The number of benzene rings is 1. The Morgan fingerprint density at radius 1 is 1.43 bits per heavy atom. The van der Waals surface area contributed by atoms with Gasteiger partial charge in [0.15, 0.2) is 0 Å². The summed E-state index contributed by atoms with van der Waals surface area (Å²) in [5.74, 6) is -0.0160. The minimum Gasteiger partial charge on any atom is -0.497 e. The molecule has 1 amide bonds. The lowest BCUT2D eigenvalue weighted by atomic mass is 9.89. The highest BCUT2D eigenvalue weighted by Gasteiger charge is 2.44. The Morgan fingerprint density at radius 3 is 2.57 bits per heavy atom. The molecular weight excluding hydrogens is 294 g/mol. The summed E-state index contributed by atoms with van der Waals surface area (Å²) in [6, 6.07) is 4.40. The monoisotopic (exact) mass is 313 g/mol. The summed E-state index contributed by atoms with van der Waals surface area (Å²) < 4.78 is 31.5. The molecule has 8 heteroatoms. The largest absolute Gasteiger partial charge is 0.497 e. The van der Waals surface area contributed by atoms with Gasteiger partial charge in [0.25, 0.3) is 0 Å². The number of carbonyl (C=O) groups excluding carboxylic acids is 1. The van der Waals surface area contributed by atoms with Crippen molar-refractivity contribution in [3.63, 3.8) is 0 Å². The smallest absolute Gasteiger partial charge is 0.245 e. The van der Waals surface area contributed by atoms with Crippen molar-refractivity contribution in [2.75, 3.05) is 25.9 Å². The molecule has 1 aromatic carbocycles. The van der Waals surface area contributed by atoms with Crippen LogP contribution < -0.4 is 16.2 Å². The van der Waals surface area contributed by atoms with Crippen LogP contribution in [0.25, 0.3) is 0 Å². The number of ether oxygens (including phenoxy) is 1. The van der Waals surface area contributed by atoms with Crippen LogP contribution in [0.5, 0.6) is 5.75 Å². The van der Waals surface area contributed by atoms with E-state index in [4.69, 9.17) is 16.2 Å². The Labute approximate surface area is 123 Å². The third-order valence-electron chi connectivity index (χ3n) is 3.87. The lowest BCUT2D eigenvalue weighted by Gasteiger charge is -2.21. The number of methoxy groups -OCH3 is 1. The van der Waals surface area contributed by atoms with Crippen molar-refractivity contribution in [2.45, 2.75) is 18.2 Å². The molecule has 1 fully saturated rings. The zero-order valence-corrected chi connectivity index (χ0v) is 12.8. The SMILES string of the molecule is COc1ccc(S(=O)(=O)N2CCC(C)(C(N)=O)C2)c(N)c1. The van der Waals surface area contributed by atoms with Gasteiger partial charge in [-0.05, 0) is 25.5 Å². The van der Waals surface area contributed by atoms with Crippen LogP contribution in [-0.2, 0) is 14.8 Å². The summed E-state index contributed by atoms with van der Waals surface area (Å²) in [5.41, 5.74) is 10.4. The molecule has 0 aromatic heterocycles. The summed E-state index contributed by atoms with van der Waals surface area (Å²) in [5, 5.41) is 0. The van der Waals surface area contributed by atoms with E-state index < -0.39 is 21.3 Å². The molecule has 0 spiro atoms. The summed E-state index contributed by atoms with van der Waals surface area (Å²) in [6.07, 6.45) is 0.400. The van der Waals surface area contributed by atoms with Crippen LogP contribution in [0.2, 0.25) is 0 Å². The van der Waals surface area contributed by atoms with E-state index in [9.17, 15) is 13.2 Å². The van der Waals surface area contributed by atoms with Crippen LogP contribution in [0, 0.1) is 5.41 Å². The molecule has 1 unspecified atom stereocenters. The summed E-state index contributed by atoms with van der Waals surface area (Å²) >= 11 is 0. The Kier molecular flexibility index (Phi) is 3.85. The number of carbonyl (C=O) groups is 1. The van der Waals surface area contributed by atoms with Crippen LogP contribution in [-0.4, -0.2) is 38.8 Å². The maximum absolute atomic E-state index is 12.6. The van der Waals surface area contributed by atoms with Gasteiger partial charge in [-0.3, -0.25) is 4.79 Å². The van der Waals surface area contributed by atoms with Gasteiger partial charge in [-0.25, -0.2) is 8.42 Å². The molecule has 1 atom stereocenters. The number of anilines is 1. The van der Waals surface area contributed by atoms with Crippen molar-refractivity contribution in [3.8, 4) is 5.75 Å². The molecule has 116 valence electrons. The Morgan fingerprint density at radius 2 is 2.10 bits per heavy atom. The van der Waals surface area contributed by atoms with E-state index in [1.54, 1.807) is 6.92 Å². The molecule has 0 radical (unpaired) electrons. The van der Waals surface area contributed by atoms with E-state index in [2.05, 4.69) is 0 Å². The second-order valence-electron chi connectivity index (χ2n) is 5.42. The van der Waals surface area contributed by atoms with Gasteiger partial charge in [0.05, 0.1) is 18.2 Å². The number of nitrogen functional groups attached to an aromatic ring is 1. The molecule has 7 nitrogen and oxygen atoms in total. The van der Waals surface area contributed by atoms with E-state index >= 15 is 0 Å². The number of amides is 1. The van der Waals surface area contributed by atoms with E-state index in [1.807, 2.05) is 0 Å². The third kappa shape index (κ3) is 2.68. The Balaban J connectivity index is 2.34. The van der Waals surface area contributed by atoms with Crippen molar-refractivity contribution in [2.24, 2.45) is 11.1 Å². The highest BCUT2D eigenvalue weighted by atomic mass is 32.2. The van der Waals surface area contributed by atoms with E-state index in [1.165, 1.54) is 29.6 Å². The molecule has 1 aromatic rings. The zero-order chi connectivity index (χ0) is 15.8. The number of sulfonamides is 1. The average Bonchev–Trinajstić information content (AvgIpc) is 2.83. The Hall–Kier alpha value is -1.80. The molecule has 1 heterocycles. The number of hydrogen-bond acceptors (Lipinski definition) is 5. The van der Waals surface area contributed by atoms with Gasteiger partial charge < -0.3 is 16.2 Å². The van der Waals surface area contributed by atoms with Gasteiger partial charge in [-0.15, -0.1) is 0 Å². The number of rotatable bonds is 4. The number of hydrogen-bond donors (Lipinski definition) is 2. The minimum absolute atomic E-state index is 0.0111. The first-order valence-corrected chi connectivity index (χ1v) is 7.88. The molecule has 2 rings (SSSR count). The normalized spacial score (nSPS) is 23.1. The molecule has 4 N–H and O–H groups in total. The van der Waals surface area contributed by atoms with E-state index in [-0.39, 0.29) is 23.7 Å². The van der Waals surface area contributed by atoms with Gasteiger partial charge >= 0.3 is 0 Å². The van der Waals surface area contributed by atoms with Crippen molar-refractivity contribution >= 4 is 21.6 Å². The maximum atomic E-state index is 12.6.